The highest BCUT2D eigenvalue weighted by atomic mass is 16.3. The van der Waals surface area contributed by atoms with Gasteiger partial charge in [0.05, 0.1) is 36.6 Å². The van der Waals surface area contributed by atoms with Crippen LogP contribution in [0.2, 0.25) is 0 Å². The topological polar surface area (TPSA) is 102 Å². The molecular weight excluding hydrogens is 406 g/mol. The molecule has 4 heterocycles. The number of aryl methyl sites for hydroxylation is 1. The fourth-order valence-corrected chi connectivity index (χ4v) is 3.86. The second-order valence-electron chi connectivity index (χ2n) is 7.97. The smallest absolute Gasteiger partial charge is 0.203 e. The number of β-amino-alcohol motifs (C(OH)–C–C–N with tert-alkyl or cyclic N) is 1. The average molecular weight is 429 g/mol. The van der Waals surface area contributed by atoms with Gasteiger partial charge in [-0.2, -0.15) is 10.2 Å². The van der Waals surface area contributed by atoms with Crippen molar-refractivity contribution in [3.63, 3.8) is 0 Å². The summed E-state index contributed by atoms with van der Waals surface area (Å²) in [7, 11) is 1.83. The Morgan fingerprint density at radius 2 is 1.97 bits per heavy atom. The van der Waals surface area contributed by atoms with Gasteiger partial charge in [0, 0.05) is 44.4 Å². The minimum atomic E-state index is -0.291. The lowest BCUT2D eigenvalue weighted by Crippen LogP contribution is -2.21. The number of hydrogen-bond donors (Lipinski definition) is 1. The van der Waals surface area contributed by atoms with E-state index >= 15 is 0 Å². The van der Waals surface area contributed by atoms with E-state index in [9.17, 15) is 9.90 Å². The monoisotopic (exact) mass is 429 g/mol. The number of benzene rings is 1. The first kappa shape index (κ1) is 20.1. The SMILES string of the molecule is Cn1cc(-n2ccc(=O)c(Cc3cccc(-c4ncc(N5CCC(O)C5)cn4)c3)n2)cn1. The Kier molecular flexibility index (Phi) is 5.24. The molecule has 0 aliphatic carbocycles. The Balaban J connectivity index is 1.37. The van der Waals surface area contributed by atoms with Crippen LogP contribution in [0.5, 0.6) is 0 Å². The van der Waals surface area contributed by atoms with Gasteiger partial charge in [-0.05, 0) is 18.1 Å². The lowest BCUT2D eigenvalue weighted by atomic mass is 10.1. The molecule has 32 heavy (non-hydrogen) atoms. The molecule has 1 unspecified atom stereocenters. The van der Waals surface area contributed by atoms with Gasteiger partial charge in [0.2, 0.25) is 5.43 Å². The first-order valence-electron chi connectivity index (χ1n) is 10.5. The molecule has 5 rings (SSSR count). The summed E-state index contributed by atoms with van der Waals surface area (Å²) in [5, 5.41) is 18.4. The zero-order valence-electron chi connectivity index (χ0n) is 17.7. The second-order valence-corrected chi connectivity index (χ2v) is 7.97. The number of nitrogens with zero attached hydrogens (tertiary/aromatic N) is 7. The van der Waals surface area contributed by atoms with Crippen LogP contribution >= 0.6 is 0 Å². The molecule has 0 radical (unpaired) electrons. The molecule has 9 heteroatoms. The van der Waals surface area contributed by atoms with Gasteiger partial charge in [-0.3, -0.25) is 9.48 Å². The molecule has 1 N–H and O–H groups in total. The third kappa shape index (κ3) is 4.15. The average Bonchev–Trinajstić information content (AvgIpc) is 3.44. The molecule has 0 amide bonds. The molecule has 1 aliphatic rings. The maximum absolute atomic E-state index is 12.4. The molecule has 162 valence electrons. The van der Waals surface area contributed by atoms with Gasteiger partial charge >= 0.3 is 0 Å². The highest BCUT2D eigenvalue weighted by Crippen LogP contribution is 2.22. The van der Waals surface area contributed by atoms with Gasteiger partial charge in [0.25, 0.3) is 0 Å². The fourth-order valence-electron chi connectivity index (χ4n) is 3.86. The normalized spacial score (nSPS) is 15.9. The first-order valence-corrected chi connectivity index (χ1v) is 10.5. The molecule has 0 bridgehead atoms. The van der Waals surface area contributed by atoms with Crippen molar-refractivity contribution in [1.29, 1.82) is 0 Å². The number of aliphatic hydroxyl groups excluding tert-OH is 1. The van der Waals surface area contributed by atoms with Gasteiger partial charge in [0.15, 0.2) is 5.82 Å². The van der Waals surface area contributed by atoms with E-state index in [4.69, 9.17) is 0 Å². The van der Waals surface area contributed by atoms with E-state index in [1.807, 2.05) is 37.5 Å². The van der Waals surface area contributed by atoms with Crippen LogP contribution in [0, 0.1) is 0 Å². The standard InChI is InChI=1S/C23H23N7O2/c1-28-14-19(13-26-28)30-8-6-22(32)21(27-30)10-16-3-2-4-17(9-16)23-24-11-18(12-25-23)29-7-5-20(31)15-29/h2-4,6,8-9,11-14,20,31H,5,7,10,15H2,1H3. The summed E-state index contributed by atoms with van der Waals surface area (Å²) in [6.07, 6.45) is 9.64. The van der Waals surface area contributed by atoms with Crippen LogP contribution in [0.25, 0.3) is 17.1 Å². The number of rotatable bonds is 5. The Morgan fingerprint density at radius 1 is 1.12 bits per heavy atom. The van der Waals surface area contributed by atoms with Crippen molar-refractivity contribution in [3.8, 4) is 17.1 Å². The lowest BCUT2D eigenvalue weighted by Gasteiger charge is -2.16. The van der Waals surface area contributed by atoms with Crippen molar-refractivity contribution in [2.24, 2.45) is 7.05 Å². The molecule has 0 spiro atoms. The zero-order chi connectivity index (χ0) is 22.1. The van der Waals surface area contributed by atoms with E-state index in [2.05, 4.69) is 25.1 Å². The first-order chi connectivity index (χ1) is 15.5. The van der Waals surface area contributed by atoms with Crippen molar-refractivity contribution >= 4 is 5.69 Å². The van der Waals surface area contributed by atoms with E-state index in [0.717, 1.165) is 35.5 Å². The van der Waals surface area contributed by atoms with Crippen molar-refractivity contribution in [2.45, 2.75) is 18.9 Å². The second kappa shape index (κ2) is 8.35. The Morgan fingerprint density at radius 3 is 2.69 bits per heavy atom. The molecule has 1 fully saturated rings. The van der Waals surface area contributed by atoms with Crippen molar-refractivity contribution in [3.05, 3.63) is 82.8 Å². The zero-order valence-corrected chi connectivity index (χ0v) is 17.7. The van der Waals surface area contributed by atoms with Crippen molar-refractivity contribution in [2.75, 3.05) is 18.0 Å². The third-order valence-corrected chi connectivity index (χ3v) is 5.56. The van der Waals surface area contributed by atoms with Crippen LogP contribution < -0.4 is 10.3 Å². The summed E-state index contributed by atoms with van der Waals surface area (Å²) in [4.78, 5) is 23.5. The lowest BCUT2D eigenvalue weighted by molar-refractivity contribution is 0.198. The summed E-state index contributed by atoms with van der Waals surface area (Å²) >= 11 is 0. The summed E-state index contributed by atoms with van der Waals surface area (Å²) in [5.74, 6) is 0.615. The van der Waals surface area contributed by atoms with E-state index in [-0.39, 0.29) is 11.5 Å². The molecule has 1 aliphatic heterocycles. The van der Waals surface area contributed by atoms with Crippen molar-refractivity contribution in [1.82, 2.24) is 29.5 Å². The van der Waals surface area contributed by atoms with Crippen LogP contribution in [0.15, 0.2) is 66.1 Å². The maximum Gasteiger partial charge on any atom is 0.203 e. The molecule has 1 saturated heterocycles. The number of anilines is 1. The minimum Gasteiger partial charge on any atom is -0.391 e. The summed E-state index contributed by atoms with van der Waals surface area (Å²) < 4.78 is 3.35. The highest BCUT2D eigenvalue weighted by Gasteiger charge is 2.21. The fraction of sp³-hybridized carbons (Fsp3) is 0.261. The Bertz CT molecular complexity index is 1300. The molecule has 1 aromatic carbocycles. The van der Waals surface area contributed by atoms with E-state index in [1.54, 1.807) is 34.2 Å². The molecule has 1 atom stereocenters. The predicted octanol–water partition coefficient (Wildman–Crippen LogP) is 1.58. The molecule has 9 nitrogen and oxygen atoms in total. The van der Waals surface area contributed by atoms with Crippen LogP contribution in [0.1, 0.15) is 17.7 Å². The van der Waals surface area contributed by atoms with Crippen LogP contribution in [-0.2, 0) is 13.5 Å². The maximum atomic E-state index is 12.4. The summed E-state index contributed by atoms with van der Waals surface area (Å²) in [5.41, 5.74) is 3.87. The van der Waals surface area contributed by atoms with E-state index < -0.39 is 0 Å². The number of aliphatic hydroxyl groups is 1. The third-order valence-electron chi connectivity index (χ3n) is 5.56. The van der Waals surface area contributed by atoms with Gasteiger partial charge in [-0.15, -0.1) is 0 Å². The molecular formula is C23H23N7O2. The largest absolute Gasteiger partial charge is 0.391 e. The Labute approximate surface area is 184 Å². The highest BCUT2D eigenvalue weighted by molar-refractivity contribution is 5.58. The molecule has 4 aromatic rings. The van der Waals surface area contributed by atoms with Crippen LogP contribution in [-0.4, -0.2) is 53.8 Å². The van der Waals surface area contributed by atoms with Gasteiger partial charge in [-0.25, -0.2) is 14.6 Å². The number of hydrogen-bond acceptors (Lipinski definition) is 7. The molecule has 0 saturated carbocycles. The van der Waals surface area contributed by atoms with Crippen LogP contribution in [0.3, 0.4) is 0 Å². The Hall–Kier alpha value is -3.85. The summed E-state index contributed by atoms with van der Waals surface area (Å²) in [6, 6.07) is 9.35. The van der Waals surface area contributed by atoms with Gasteiger partial charge in [0.1, 0.15) is 11.4 Å². The quantitative estimate of drug-likeness (QED) is 0.514. The van der Waals surface area contributed by atoms with Gasteiger partial charge in [-0.1, -0.05) is 18.2 Å². The molecule has 3 aromatic heterocycles. The van der Waals surface area contributed by atoms with Gasteiger partial charge < -0.3 is 10.0 Å². The number of aromatic nitrogens is 6. The summed E-state index contributed by atoms with van der Waals surface area (Å²) in [6.45, 7) is 1.42. The van der Waals surface area contributed by atoms with E-state index in [0.29, 0.717) is 24.5 Å². The predicted molar refractivity (Wildman–Crippen MR) is 120 cm³/mol. The van der Waals surface area contributed by atoms with E-state index in [1.165, 1.54) is 6.07 Å². The van der Waals surface area contributed by atoms with Crippen molar-refractivity contribution < 1.29 is 5.11 Å². The minimum absolute atomic E-state index is 0.107. The van der Waals surface area contributed by atoms with Crippen LogP contribution in [0.4, 0.5) is 5.69 Å².